The largest absolute Gasteiger partial charge is 0.378 e. The van der Waals surface area contributed by atoms with Gasteiger partial charge in [-0.15, -0.1) is 0 Å². The molecule has 0 aliphatic carbocycles. The van der Waals surface area contributed by atoms with Crippen molar-refractivity contribution >= 4 is 16.9 Å². The van der Waals surface area contributed by atoms with Crippen LogP contribution < -0.4 is 4.90 Å². The van der Waals surface area contributed by atoms with Crippen molar-refractivity contribution in [3.05, 3.63) is 30.2 Å². The van der Waals surface area contributed by atoms with Crippen molar-refractivity contribution in [2.75, 3.05) is 25.1 Å². The number of hydrogen-bond donors (Lipinski definition) is 0. The van der Waals surface area contributed by atoms with Gasteiger partial charge >= 0.3 is 0 Å². The zero-order chi connectivity index (χ0) is 18.8. The topological polar surface area (TPSA) is 69.0 Å². The fourth-order valence-corrected chi connectivity index (χ4v) is 3.70. The maximum atomic E-state index is 5.89. The van der Waals surface area contributed by atoms with Crippen LogP contribution in [0.2, 0.25) is 0 Å². The first kappa shape index (κ1) is 17.9. The molecule has 7 nitrogen and oxygen atoms in total. The van der Waals surface area contributed by atoms with Gasteiger partial charge < -0.3 is 9.64 Å². The summed E-state index contributed by atoms with van der Waals surface area (Å²) in [4.78, 5) is 16.1. The van der Waals surface area contributed by atoms with E-state index in [0.29, 0.717) is 11.9 Å². The molecule has 27 heavy (non-hydrogen) atoms. The molecule has 0 aromatic carbocycles. The summed E-state index contributed by atoms with van der Waals surface area (Å²) in [6.45, 7) is 3.79. The lowest BCUT2D eigenvalue weighted by molar-refractivity contribution is 0.0127. The Bertz CT molecular complexity index is 917. The van der Waals surface area contributed by atoms with Crippen molar-refractivity contribution < 1.29 is 4.74 Å². The first-order chi connectivity index (χ1) is 13.1. The summed E-state index contributed by atoms with van der Waals surface area (Å²) in [6.07, 6.45) is 8.51. The molecule has 0 N–H and O–H groups in total. The lowest BCUT2D eigenvalue weighted by Crippen LogP contribution is -2.27. The first-order valence-corrected chi connectivity index (χ1v) is 9.58. The summed E-state index contributed by atoms with van der Waals surface area (Å²) in [5.41, 5.74) is 2.70. The molecule has 1 atom stereocenters. The Labute approximate surface area is 159 Å². The second-order valence-electron chi connectivity index (χ2n) is 7.22. The molecule has 0 radical (unpaired) electrons. The second-order valence-corrected chi connectivity index (χ2v) is 7.22. The minimum Gasteiger partial charge on any atom is -0.378 e. The SMILES string of the molecule is Cc1nn(C)c2nc(-c3cccnc3)nc(N(C)CC[C@@H]3CCCCO3)c12. The van der Waals surface area contributed by atoms with Gasteiger partial charge in [-0.3, -0.25) is 9.67 Å². The molecular formula is C20H26N6O. The van der Waals surface area contributed by atoms with E-state index in [4.69, 9.17) is 14.7 Å². The van der Waals surface area contributed by atoms with Crippen LogP contribution in [-0.4, -0.2) is 51.0 Å². The predicted octanol–water partition coefficient (Wildman–Crippen LogP) is 3.13. The van der Waals surface area contributed by atoms with Crippen molar-refractivity contribution in [3.8, 4) is 11.4 Å². The van der Waals surface area contributed by atoms with Crippen LogP contribution in [0.4, 0.5) is 5.82 Å². The fourth-order valence-electron chi connectivity index (χ4n) is 3.70. The minimum atomic E-state index is 0.353. The highest BCUT2D eigenvalue weighted by Gasteiger charge is 2.20. The van der Waals surface area contributed by atoms with Gasteiger partial charge in [-0.2, -0.15) is 5.10 Å². The Kier molecular flexibility index (Phi) is 5.03. The number of hydrogen-bond acceptors (Lipinski definition) is 6. The van der Waals surface area contributed by atoms with Crippen molar-refractivity contribution in [3.63, 3.8) is 0 Å². The highest BCUT2D eigenvalue weighted by molar-refractivity contribution is 5.91. The van der Waals surface area contributed by atoms with Crippen molar-refractivity contribution in [2.24, 2.45) is 7.05 Å². The van der Waals surface area contributed by atoms with Crippen LogP contribution in [0.25, 0.3) is 22.4 Å². The van der Waals surface area contributed by atoms with E-state index in [1.807, 2.05) is 30.8 Å². The van der Waals surface area contributed by atoms with E-state index in [1.165, 1.54) is 12.8 Å². The number of nitrogens with zero attached hydrogens (tertiary/aromatic N) is 6. The third-order valence-electron chi connectivity index (χ3n) is 5.18. The zero-order valence-electron chi connectivity index (χ0n) is 16.2. The summed E-state index contributed by atoms with van der Waals surface area (Å²) in [5, 5.41) is 5.58. The molecule has 4 rings (SSSR count). The molecule has 0 amide bonds. The quantitative estimate of drug-likeness (QED) is 0.691. The van der Waals surface area contributed by atoms with Crippen LogP contribution in [0.5, 0.6) is 0 Å². The second kappa shape index (κ2) is 7.60. The molecule has 1 saturated heterocycles. The molecule has 0 unspecified atom stereocenters. The summed E-state index contributed by atoms with van der Waals surface area (Å²) in [5.74, 6) is 1.59. The van der Waals surface area contributed by atoms with E-state index >= 15 is 0 Å². The van der Waals surface area contributed by atoms with E-state index < -0.39 is 0 Å². The predicted molar refractivity (Wildman–Crippen MR) is 106 cm³/mol. The highest BCUT2D eigenvalue weighted by atomic mass is 16.5. The minimum absolute atomic E-state index is 0.353. The van der Waals surface area contributed by atoms with Crippen LogP contribution in [0.15, 0.2) is 24.5 Å². The molecule has 0 spiro atoms. The summed E-state index contributed by atoms with van der Waals surface area (Å²) >= 11 is 0. The normalized spacial score (nSPS) is 17.4. The van der Waals surface area contributed by atoms with Gasteiger partial charge in [-0.1, -0.05) is 0 Å². The Morgan fingerprint density at radius 1 is 1.30 bits per heavy atom. The van der Waals surface area contributed by atoms with Crippen molar-refractivity contribution in [1.82, 2.24) is 24.7 Å². The Hall–Kier alpha value is -2.54. The van der Waals surface area contributed by atoms with Crippen LogP contribution in [0.3, 0.4) is 0 Å². The Morgan fingerprint density at radius 2 is 2.19 bits per heavy atom. The van der Waals surface area contributed by atoms with Gasteiger partial charge in [0.1, 0.15) is 5.82 Å². The summed E-state index contributed by atoms with van der Waals surface area (Å²) < 4.78 is 7.72. The number of ether oxygens (including phenoxy) is 1. The average molecular weight is 366 g/mol. The molecular weight excluding hydrogens is 340 g/mol. The van der Waals surface area contributed by atoms with Crippen LogP contribution in [-0.2, 0) is 11.8 Å². The van der Waals surface area contributed by atoms with Crippen molar-refractivity contribution in [1.29, 1.82) is 0 Å². The third kappa shape index (κ3) is 3.64. The fraction of sp³-hybridized carbons (Fsp3) is 0.500. The number of aryl methyl sites for hydroxylation is 2. The molecule has 1 aliphatic heterocycles. The molecule has 0 bridgehead atoms. The number of rotatable bonds is 5. The average Bonchev–Trinajstić information content (AvgIpc) is 3.00. The standard InChI is InChI=1S/C20H26N6O/c1-14-17-19(25(2)11-9-16-8-4-5-12-27-16)22-18(15-7-6-10-21-13-15)23-20(17)26(3)24-14/h6-7,10,13,16H,4-5,8-9,11-12H2,1-3H3/t16-/m0/s1. The lowest BCUT2D eigenvalue weighted by Gasteiger charge is -2.26. The maximum Gasteiger partial charge on any atom is 0.165 e. The van der Waals surface area contributed by atoms with E-state index in [2.05, 4.69) is 22.0 Å². The molecule has 1 aliphatic rings. The van der Waals surface area contributed by atoms with Gasteiger partial charge in [-0.05, 0) is 44.7 Å². The molecule has 4 heterocycles. The number of aromatic nitrogens is 5. The van der Waals surface area contributed by atoms with E-state index in [9.17, 15) is 0 Å². The lowest BCUT2D eigenvalue weighted by atomic mass is 10.1. The highest BCUT2D eigenvalue weighted by Crippen LogP contribution is 2.29. The smallest absolute Gasteiger partial charge is 0.165 e. The zero-order valence-corrected chi connectivity index (χ0v) is 16.2. The van der Waals surface area contributed by atoms with E-state index in [1.54, 1.807) is 12.4 Å². The summed E-state index contributed by atoms with van der Waals surface area (Å²) in [6, 6.07) is 3.89. The molecule has 3 aromatic heterocycles. The van der Waals surface area contributed by atoms with Gasteiger partial charge in [-0.25, -0.2) is 9.97 Å². The molecule has 142 valence electrons. The maximum absolute atomic E-state index is 5.89. The van der Waals surface area contributed by atoms with Gasteiger partial charge in [0.15, 0.2) is 11.5 Å². The number of pyridine rings is 1. The Morgan fingerprint density at radius 3 is 2.93 bits per heavy atom. The number of fused-ring (bicyclic) bond motifs is 1. The van der Waals surface area contributed by atoms with Crippen LogP contribution in [0.1, 0.15) is 31.4 Å². The van der Waals surface area contributed by atoms with Gasteiger partial charge in [0.25, 0.3) is 0 Å². The monoisotopic (exact) mass is 366 g/mol. The molecule has 7 heteroatoms. The van der Waals surface area contributed by atoms with Gasteiger partial charge in [0.05, 0.1) is 17.2 Å². The molecule has 0 saturated carbocycles. The molecule has 3 aromatic rings. The van der Waals surface area contributed by atoms with E-state index in [-0.39, 0.29) is 0 Å². The van der Waals surface area contributed by atoms with Gasteiger partial charge in [0.2, 0.25) is 0 Å². The first-order valence-electron chi connectivity index (χ1n) is 9.58. The third-order valence-corrected chi connectivity index (χ3v) is 5.18. The summed E-state index contributed by atoms with van der Waals surface area (Å²) in [7, 11) is 4.01. The Balaban J connectivity index is 1.69. The number of anilines is 1. The molecule has 1 fully saturated rings. The van der Waals surface area contributed by atoms with Crippen molar-refractivity contribution in [2.45, 2.75) is 38.7 Å². The van der Waals surface area contributed by atoms with Gasteiger partial charge in [0, 0.05) is 45.2 Å². The van der Waals surface area contributed by atoms with E-state index in [0.717, 1.165) is 54.1 Å². The van der Waals surface area contributed by atoms with Crippen LogP contribution in [0, 0.1) is 6.92 Å². The van der Waals surface area contributed by atoms with Crippen LogP contribution >= 0.6 is 0 Å².